The third-order valence-electron chi connectivity index (χ3n) is 13.5. The van der Waals surface area contributed by atoms with Crippen molar-refractivity contribution in [2.45, 2.75) is 43.9 Å². The second kappa shape index (κ2) is 12.4. The van der Waals surface area contributed by atoms with Gasteiger partial charge in [-0.1, -0.05) is 109 Å². The van der Waals surface area contributed by atoms with Crippen molar-refractivity contribution < 1.29 is 4.42 Å². The summed E-state index contributed by atoms with van der Waals surface area (Å²) in [6, 6.07) is 51.1. The van der Waals surface area contributed by atoms with Gasteiger partial charge >= 0.3 is 0 Å². The minimum Gasteiger partial charge on any atom is -0.455 e. The van der Waals surface area contributed by atoms with E-state index in [1.807, 2.05) is 36.4 Å². The Hall–Kier alpha value is -6.64. The Morgan fingerprint density at radius 3 is 1.95 bits per heavy atom. The first-order valence-electron chi connectivity index (χ1n) is 20.3. The van der Waals surface area contributed by atoms with E-state index in [-0.39, 0.29) is 0 Å². The Labute approximate surface area is 330 Å². The van der Waals surface area contributed by atoms with Crippen molar-refractivity contribution in [1.29, 1.82) is 5.26 Å². The Kier molecular flexibility index (Phi) is 7.11. The molecule has 2 heterocycles. The minimum absolute atomic E-state index is 0.325. The summed E-state index contributed by atoms with van der Waals surface area (Å²) in [5.74, 6) is 4.53. The molecule has 0 radical (unpaired) electrons. The molecule has 4 aliphatic carbocycles. The molecule has 57 heavy (non-hydrogen) atoms. The maximum Gasteiger partial charge on any atom is 0.167 e. The predicted octanol–water partition coefficient (Wildman–Crippen LogP) is 13.1. The van der Waals surface area contributed by atoms with Gasteiger partial charge in [-0.25, -0.2) is 15.0 Å². The highest BCUT2D eigenvalue weighted by atomic mass is 16.3. The lowest BCUT2D eigenvalue weighted by Gasteiger charge is -2.57. The molecule has 13 rings (SSSR count). The molecule has 9 aromatic rings. The third kappa shape index (κ3) is 5.24. The first-order valence-corrected chi connectivity index (χ1v) is 20.3. The molecule has 5 heteroatoms. The van der Waals surface area contributed by atoms with E-state index < -0.39 is 0 Å². The number of furan rings is 1. The van der Waals surface area contributed by atoms with Gasteiger partial charge in [-0.3, -0.25) is 0 Å². The molecule has 4 fully saturated rings. The molecule has 272 valence electrons. The fourth-order valence-electron chi connectivity index (χ4n) is 11.3. The van der Waals surface area contributed by atoms with Crippen molar-refractivity contribution >= 4 is 43.5 Å². The standard InChI is InChI=1S/C52H38N4O/c53-30-31-14-15-35-18-21-42-40(9-4-10-41(42)46(35)25-31)37-6-3-7-38(26-37)50-54-49(36-16-19-39(20-17-36)52-27-32-22-33(28-52)24-34(23-32)29-52)55-51(56-50)45-12-5-11-44-43-8-1-2-13-47(43)57-48(44)45/h1-21,25-26,32-34H,22-24,27-29H2/t32-,33+,34-,52?. The van der Waals surface area contributed by atoms with Crippen LogP contribution in [0.25, 0.3) is 88.8 Å². The van der Waals surface area contributed by atoms with Crippen LogP contribution in [0.3, 0.4) is 0 Å². The quantitative estimate of drug-likeness (QED) is 0.165. The lowest BCUT2D eigenvalue weighted by molar-refractivity contribution is -0.00518. The average molecular weight is 735 g/mol. The van der Waals surface area contributed by atoms with Crippen LogP contribution in [-0.4, -0.2) is 15.0 Å². The zero-order valence-electron chi connectivity index (χ0n) is 31.5. The molecular weight excluding hydrogens is 697 g/mol. The first-order chi connectivity index (χ1) is 28.1. The van der Waals surface area contributed by atoms with Crippen LogP contribution in [0.15, 0.2) is 144 Å². The number of rotatable bonds is 5. The first kappa shape index (κ1) is 32.6. The molecule has 4 saturated carbocycles. The molecular formula is C52H38N4O. The largest absolute Gasteiger partial charge is 0.455 e. The van der Waals surface area contributed by atoms with Crippen molar-refractivity contribution in [3.05, 3.63) is 151 Å². The van der Waals surface area contributed by atoms with E-state index in [0.29, 0.717) is 28.5 Å². The van der Waals surface area contributed by atoms with Crippen molar-refractivity contribution in [2.75, 3.05) is 0 Å². The molecule has 0 aliphatic heterocycles. The van der Waals surface area contributed by atoms with E-state index in [1.54, 1.807) is 0 Å². The number of para-hydroxylation sites is 2. The summed E-state index contributed by atoms with van der Waals surface area (Å²) in [5.41, 5.74) is 9.00. The molecule has 0 atom stereocenters. The molecule has 5 nitrogen and oxygen atoms in total. The summed E-state index contributed by atoms with van der Waals surface area (Å²) in [5, 5.41) is 16.2. The van der Waals surface area contributed by atoms with E-state index in [1.165, 1.54) is 44.1 Å². The normalized spacial score (nSPS) is 21.1. The molecule has 0 saturated heterocycles. The van der Waals surface area contributed by atoms with Crippen LogP contribution in [0.5, 0.6) is 0 Å². The summed E-state index contributed by atoms with van der Waals surface area (Å²) in [7, 11) is 0. The predicted molar refractivity (Wildman–Crippen MR) is 228 cm³/mol. The van der Waals surface area contributed by atoms with E-state index in [4.69, 9.17) is 19.4 Å². The van der Waals surface area contributed by atoms with E-state index in [9.17, 15) is 5.26 Å². The van der Waals surface area contributed by atoms with Gasteiger partial charge in [-0.05, 0) is 130 Å². The number of aromatic nitrogens is 3. The Balaban J connectivity index is 1.00. The van der Waals surface area contributed by atoms with Crippen LogP contribution in [0.4, 0.5) is 0 Å². The van der Waals surface area contributed by atoms with Crippen LogP contribution in [0.1, 0.15) is 49.7 Å². The van der Waals surface area contributed by atoms with E-state index in [0.717, 1.165) is 89.1 Å². The highest BCUT2D eigenvalue weighted by Crippen LogP contribution is 2.60. The van der Waals surface area contributed by atoms with Gasteiger partial charge < -0.3 is 4.42 Å². The smallest absolute Gasteiger partial charge is 0.167 e. The van der Waals surface area contributed by atoms with Crippen LogP contribution in [0.2, 0.25) is 0 Å². The van der Waals surface area contributed by atoms with Crippen LogP contribution in [-0.2, 0) is 5.41 Å². The minimum atomic E-state index is 0.325. The highest BCUT2D eigenvalue weighted by Gasteiger charge is 2.51. The summed E-state index contributed by atoms with van der Waals surface area (Å²) in [4.78, 5) is 15.6. The maximum atomic E-state index is 9.65. The zero-order valence-corrected chi connectivity index (χ0v) is 31.5. The van der Waals surface area contributed by atoms with Crippen LogP contribution >= 0.6 is 0 Å². The molecule has 4 aliphatic rings. The third-order valence-corrected chi connectivity index (χ3v) is 13.5. The van der Waals surface area contributed by atoms with E-state index in [2.05, 4.69) is 109 Å². The highest BCUT2D eigenvalue weighted by molar-refractivity contribution is 6.12. The summed E-state index contributed by atoms with van der Waals surface area (Å²) < 4.78 is 6.51. The van der Waals surface area contributed by atoms with Crippen molar-refractivity contribution in [2.24, 2.45) is 17.8 Å². The van der Waals surface area contributed by atoms with Crippen molar-refractivity contribution in [1.82, 2.24) is 15.0 Å². The number of nitrogens with zero attached hydrogens (tertiary/aromatic N) is 4. The SMILES string of the molecule is N#Cc1ccc2ccc3c(-c4cccc(-c5nc(-c6ccc(C78C[C@H]9C[C@@H](C7)C[C@@H](C8)C9)cc6)nc(-c6cccc7c6oc6ccccc67)n5)c4)cccc3c2c1. The van der Waals surface area contributed by atoms with Crippen molar-refractivity contribution in [3.8, 4) is 51.4 Å². The second-order valence-corrected chi connectivity index (χ2v) is 17.0. The number of fused-ring (bicyclic) bond motifs is 6. The van der Waals surface area contributed by atoms with Gasteiger partial charge in [0.05, 0.1) is 17.2 Å². The number of benzene rings is 7. The van der Waals surface area contributed by atoms with Gasteiger partial charge in [0, 0.05) is 21.9 Å². The molecule has 0 amide bonds. The molecule has 0 spiro atoms. The summed E-state index contributed by atoms with van der Waals surface area (Å²) in [6.45, 7) is 0. The molecule has 0 unspecified atom stereocenters. The molecule has 0 N–H and O–H groups in total. The number of nitriles is 1. The van der Waals surface area contributed by atoms with Crippen LogP contribution < -0.4 is 0 Å². The zero-order chi connectivity index (χ0) is 37.7. The number of hydrogen-bond acceptors (Lipinski definition) is 5. The average Bonchev–Trinajstić information content (AvgIpc) is 3.64. The second-order valence-electron chi connectivity index (χ2n) is 17.0. The van der Waals surface area contributed by atoms with E-state index >= 15 is 0 Å². The Morgan fingerprint density at radius 2 is 1.16 bits per heavy atom. The Bertz CT molecular complexity index is 3100. The monoisotopic (exact) mass is 734 g/mol. The summed E-state index contributed by atoms with van der Waals surface area (Å²) >= 11 is 0. The Morgan fingerprint density at radius 1 is 0.509 bits per heavy atom. The van der Waals surface area contributed by atoms with Gasteiger partial charge in [0.1, 0.15) is 11.2 Å². The van der Waals surface area contributed by atoms with Gasteiger partial charge in [0.15, 0.2) is 17.5 Å². The lowest BCUT2D eigenvalue weighted by atomic mass is 9.48. The van der Waals surface area contributed by atoms with Crippen molar-refractivity contribution in [3.63, 3.8) is 0 Å². The fourth-order valence-corrected chi connectivity index (χ4v) is 11.3. The van der Waals surface area contributed by atoms with Gasteiger partial charge in [0.2, 0.25) is 0 Å². The number of hydrogen-bond donors (Lipinski definition) is 0. The summed E-state index contributed by atoms with van der Waals surface area (Å²) in [6.07, 6.45) is 8.33. The van der Waals surface area contributed by atoms with Gasteiger partial charge in [0.25, 0.3) is 0 Å². The lowest BCUT2D eigenvalue weighted by Crippen LogP contribution is -2.48. The molecule has 4 bridgehead atoms. The topological polar surface area (TPSA) is 75.6 Å². The van der Waals surface area contributed by atoms with Gasteiger partial charge in [-0.2, -0.15) is 5.26 Å². The molecule has 2 aromatic heterocycles. The molecule has 7 aromatic carbocycles. The fraction of sp³-hybridized carbons (Fsp3) is 0.192. The van der Waals surface area contributed by atoms with Crippen LogP contribution in [0, 0.1) is 29.1 Å². The maximum absolute atomic E-state index is 9.65. The van der Waals surface area contributed by atoms with Gasteiger partial charge in [-0.15, -0.1) is 0 Å².